The highest BCUT2D eigenvalue weighted by atomic mass is 16.5. The van der Waals surface area contributed by atoms with Crippen LogP contribution in [0, 0.1) is 6.92 Å². The van der Waals surface area contributed by atoms with Gasteiger partial charge < -0.3 is 24.6 Å². The third-order valence-electron chi connectivity index (χ3n) is 4.98. The molecule has 1 aliphatic heterocycles. The van der Waals surface area contributed by atoms with Crippen molar-refractivity contribution in [3.63, 3.8) is 0 Å². The van der Waals surface area contributed by atoms with Crippen molar-refractivity contribution < 1.29 is 33.7 Å². The van der Waals surface area contributed by atoms with Gasteiger partial charge in [0.15, 0.2) is 0 Å². The quantitative estimate of drug-likeness (QED) is 0.504. The maximum atomic E-state index is 12.0. The molecule has 1 aromatic rings. The number of hydrogen-bond acceptors (Lipinski definition) is 7. The Bertz CT molecular complexity index is 857. The van der Waals surface area contributed by atoms with Gasteiger partial charge in [-0.05, 0) is 39.2 Å². The molecule has 29 heavy (non-hydrogen) atoms. The van der Waals surface area contributed by atoms with E-state index in [-0.39, 0.29) is 30.2 Å². The molecular weight excluding hydrogens is 378 g/mol. The monoisotopic (exact) mass is 405 g/mol. The normalized spacial score (nSPS) is 14.1. The number of benzene rings is 1. The summed E-state index contributed by atoms with van der Waals surface area (Å²) in [5.41, 5.74) is 3.04. The predicted octanol–water partition coefficient (Wildman–Crippen LogP) is 2.33. The van der Waals surface area contributed by atoms with Gasteiger partial charge in [-0.3, -0.25) is 4.79 Å². The third kappa shape index (κ3) is 4.88. The van der Waals surface area contributed by atoms with Crippen LogP contribution in [0.3, 0.4) is 0 Å². The number of fused-ring (bicyclic) bond motifs is 1. The number of phenolic OH excluding ortho intramolecular Hbond substituents is 1. The Morgan fingerprint density at radius 1 is 1.31 bits per heavy atom. The number of carbonyl (C=O) groups excluding carboxylic acids is 3. The summed E-state index contributed by atoms with van der Waals surface area (Å²) in [5, 5.41) is 13.2. The summed E-state index contributed by atoms with van der Waals surface area (Å²) in [6.45, 7) is 5.38. The number of allylic oxidation sites excluding steroid dienone is 2. The van der Waals surface area contributed by atoms with E-state index in [9.17, 15) is 19.5 Å². The molecule has 0 spiro atoms. The molecule has 0 saturated carbocycles. The number of phenols is 1. The van der Waals surface area contributed by atoms with E-state index in [0.29, 0.717) is 29.7 Å². The largest absolute Gasteiger partial charge is 0.507 e. The van der Waals surface area contributed by atoms with Gasteiger partial charge in [0.2, 0.25) is 5.91 Å². The summed E-state index contributed by atoms with van der Waals surface area (Å²) >= 11 is 0. The molecule has 0 aromatic heterocycles. The van der Waals surface area contributed by atoms with Crippen LogP contribution in [-0.2, 0) is 32.1 Å². The molecule has 1 amide bonds. The molecule has 2 N–H and O–H groups in total. The van der Waals surface area contributed by atoms with Crippen molar-refractivity contribution in [2.45, 2.75) is 52.7 Å². The Hall–Kier alpha value is -3.03. The van der Waals surface area contributed by atoms with Gasteiger partial charge in [0.1, 0.15) is 29.7 Å². The summed E-state index contributed by atoms with van der Waals surface area (Å²) in [7, 11) is 2.78. The van der Waals surface area contributed by atoms with Gasteiger partial charge in [0.25, 0.3) is 0 Å². The first-order chi connectivity index (χ1) is 13.7. The van der Waals surface area contributed by atoms with Gasteiger partial charge in [-0.15, -0.1) is 0 Å². The fraction of sp³-hybridized carbons (Fsp3) is 0.476. The first kappa shape index (κ1) is 22.3. The van der Waals surface area contributed by atoms with Gasteiger partial charge in [-0.25, -0.2) is 9.59 Å². The molecule has 1 aromatic carbocycles. The smallest absolute Gasteiger partial charge is 0.342 e. The first-order valence-electron chi connectivity index (χ1n) is 9.32. The van der Waals surface area contributed by atoms with Crippen LogP contribution in [0.4, 0.5) is 0 Å². The fourth-order valence-corrected chi connectivity index (χ4v) is 3.27. The van der Waals surface area contributed by atoms with Crippen molar-refractivity contribution >= 4 is 17.8 Å². The number of cyclic esters (lactones) is 1. The summed E-state index contributed by atoms with van der Waals surface area (Å²) in [4.78, 5) is 35.3. The molecule has 0 fully saturated rings. The number of hydrogen-bond donors (Lipinski definition) is 2. The number of esters is 2. The Morgan fingerprint density at radius 2 is 2.00 bits per heavy atom. The zero-order valence-electron chi connectivity index (χ0n) is 17.4. The SMILES string of the molecule is COC(=O)C(C)NC(=O)CCC(C)=CCc1c(O)c2c(c(C)c1OC)COC2=O. The van der Waals surface area contributed by atoms with Crippen molar-refractivity contribution in [2.75, 3.05) is 14.2 Å². The zero-order valence-corrected chi connectivity index (χ0v) is 17.4. The predicted molar refractivity (Wildman–Crippen MR) is 105 cm³/mol. The average Bonchev–Trinajstić information content (AvgIpc) is 3.09. The van der Waals surface area contributed by atoms with Crippen LogP contribution in [-0.4, -0.2) is 43.2 Å². The van der Waals surface area contributed by atoms with E-state index < -0.39 is 18.0 Å². The summed E-state index contributed by atoms with van der Waals surface area (Å²) in [6.07, 6.45) is 2.90. The summed E-state index contributed by atoms with van der Waals surface area (Å²) < 4.78 is 15.1. The van der Waals surface area contributed by atoms with Crippen LogP contribution >= 0.6 is 0 Å². The van der Waals surface area contributed by atoms with Crippen LogP contribution in [0.25, 0.3) is 0 Å². The Balaban J connectivity index is 2.08. The fourth-order valence-electron chi connectivity index (χ4n) is 3.27. The van der Waals surface area contributed by atoms with E-state index in [1.807, 2.05) is 19.9 Å². The molecule has 0 aliphatic carbocycles. The Kier molecular flexibility index (Phi) is 7.25. The van der Waals surface area contributed by atoms with Crippen LogP contribution < -0.4 is 10.1 Å². The van der Waals surface area contributed by atoms with Crippen molar-refractivity contribution in [1.82, 2.24) is 5.32 Å². The second-order valence-corrected chi connectivity index (χ2v) is 6.98. The number of rotatable bonds is 8. The molecule has 2 rings (SSSR count). The Morgan fingerprint density at radius 3 is 2.62 bits per heavy atom. The number of methoxy groups -OCH3 is 2. The van der Waals surface area contributed by atoms with Crippen LogP contribution in [0.15, 0.2) is 11.6 Å². The van der Waals surface area contributed by atoms with Crippen LogP contribution in [0.5, 0.6) is 11.5 Å². The van der Waals surface area contributed by atoms with Crippen LogP contribution in [0.1, 0.15) is 53.7 Å². The second kappa shape index (κ2) is 9.45. The molecular formula is C21H27NO7. The van der Waals surface area contributed by atoms with Crippen molar-refractivity contribution in [1.29, 1.82) is 0 Å². The molecule has 8 heteroatoms. The van der Waals surface area contributed by atoms with E-state index in [4.69, 9.17) is 9.47 Å². The van der Waals surface area contributed by atoms with E-state index in [2.05, 4.69) is 10.1 Å². The van der Waals surface area contributed by atoms with Gasteiger partial charge in [0.05, 0.1) is 14.2 Å². The summed E-state index contributed by atoms with van der Waals surface area (Å²) in [5.74, 6) is -0.903. The molecule has 1 aliphatic rings. The number of carbonyl (C=O) groups is 3. The molecule has 0 bridgehead atoms. The lowest BCUT2D eigenvalue weighted by Crippen LogP contribution is -2.39. The number of amides is 1. The van der Waals surface area contributed by atoms with E-state index in [1.54, 1.807) is 6.92 Å². The maximum Gasteiger partial charge on any atom is 0.342 e. The molecule has 1 unspecified atom stereocenters. The molecule has 1 heterocycles. The number of ether oxygens (including phenoxy) is 3. The van der Waals surface area contributed by atoms with E-state index in [1.165, 1.54) is 14.2 Å². The standard InChI is InChI=1S/C21H27NO7/c1-11(7-9-16(23)22-13(3)20(25)28-5)6-8-14-18(24)17-15(10-29-21(17)26)12(2)19(14)27-4/h6,13,24H,7-10H2,1-5H3,(H,22,23). The van der Waals surface area contributed by atoms with Gasteiger partial charge in [-0.1, -0.05) is 11.6 Å². The minimum absolute atomic E-state index is 0.123. The maximum absolute atomic E-state index is 12.0. The average molecular weight is 405 g/mol. The highest BCUT2D eigenvalue weighted by Crippen LogP contribution is 2.42. The highest BCUT2D eigenvalue weighted by Gasteiger charge is 2.31. The molecule has 1 atom stereocenters. The van der Waals surface area contributed by atoms with Crippen molar-refractivity contribution in [2.24, 2.45) is 0 Å². The molecule has 0 radical (unpaired) electrons. The van der Waals surface area contributed by atoms with E-state index >= 15 is 0 Å². The third-order valence-corrected chi connectivity index (χ3v) is 4.98. The van der Waals surface area contributed by atoms with Crippen molar-refractivity contribution in [3.05, 3.63) is 33.9 Å². The first-order valence-corrected chi connectivity index (χ1v) is 9.32. The van der Waals surface area contributed by atoms with Gasteiger partial charge in [-0.2, -0.15) is 0 Å². The van der Waals surface area contributed by atoms with Gasteiger partial charge >= 0.3 is 11.9 Å². The number of aromatic hydroxyl groups is 1. The minimum atomic E-state index is -0.702. The lowest BCUT2D eigenvalue weighted by molar-refractivity contribution is -0.144. The second-order valence-electron chi connectivity index (χ2n) is 6.98. The lowest BCUT2D eigenvalue weighted by atomic mass is 9.94. The molecule has 158 valence electrons. The number of nitrogens with one attached hydrogen (secondary N) is 1. The van der Waals surface area contributed by atoms with E-state index in [0.717, 1.165) is 11.1 Å². The minimum Gasteiger partial charge on any atom is -0.507 e. The van der Waals surface area contributed by atoms with Gasteiger partial charge in [0, 0.05) is 17.5 Å². The zero-order chi connectivity index (χ0) is 21.7. The molecule has 8 nitrogen and oxygen atoms in total. The topological polar surface area (TPSA) is 111 Å². The summed E-state index contributed by atoms with van der Waals surface area (Å²) in [6, 6.07) is -0.702. The van der Waals surface area contributed by atoms with Crippen molar-refractivity contribution in [3.8, 4) is 11.5 Å². The highest BCUT2D eigenvalue weighted by molar-refractivity contribution is 5.98. The molecule has 0 saturated heterocycles. The van der Waals surface area contributed by atoms with Crippen LogP contribution in [0.2, 0.25) is 0 Å². The lowest BCUT2D eigenvalue weighted by Gasteiger charge is -2.16. The Labute approximate surface area is 169 Å².